The van der Waals surface area contributed by atoms with Gasteiger partial charge in [0.25, 0.3) is 0 Å². The zero-order chi connectivity index (χ0) is 14.7. The molecule has 1 fully saturated rings. The van der Waals surface area contributed by atoms with E-state index in [0.717, 1.165) is 5.69 Å². The Morgan fingerprint density at radius 2 is 1.95 bits per heavy atom. The Hall–Kier alpha value is -1.77. The van der Waals surface area contributed by atoms with E-state index in [-0.39, 0.29) is 0 Å². The average molecular weight is 283 g/mol. The lowest BCUT2D eigenvalue weighted by atomic mass is 9.85. The summed E-state index contributed by atoms with van der Waals surface area (Å²) in [5.74, 6) is 0. The Bertz CT molecular complexity index is 555. The van der Waals surface area contributed by atoms with Crippen molar-refractivity contribution in [3.63, 3.8) is 0 Å². The Morgan fingerprint density at radius 1 is 1.14 bits per heavy atom. The minimum absolute atomic E-state index is 0.515. The number of H-pyrrole nitrogens is 1. The second-order valence-corrected chi connectivity index (χ2v) is 6.98. The van der Waals surface area contributed by atoms with Gasteiger partial charge in [0.1, 0.15) is 0 Å². The summed E-state index contributed by atoms with van der Waals surface area (Å²) in [5.41, 5.74) is 3.99. The smallest absolute Gasteiger partial charge is 0.0924 e. The molecule has 0 bridgehead atoms. The first-order valence-electron chi connectivity index (χ1n) is 7.98. The number of hydrogen-bond donors (Lipinski definition) is 2. The maximum atomic E-state index is 4.07. The maximum absolute atomic E-state index is 4.07. The second-order valence-electron chi connectivity index (χ2n) is 6.98. The third kappa shape index (κ3) is 3.66. The minimum Gasteiger partial charge on any atom is -0.382 e. The molecular formula is C18H25N3. The van der Waals surface area contributed by atoms with E-state index in [4.69, 9.17) is 0 Å². The molecule has 0 radical (unpaired) electrons. The number of benzene rings is 1. The van der Waals surface area contributed by atoms with E-state index in [1.807, 2.05) is 6.20 Å². The molecule has 1 aliphatic carbocycles. The molecule has 1 aromatic heterocycles. The third-order valence-corrected chi connectivity index (χ3v) is 4.64. The molecule has 1 aliphatic rings. The zero-order valence-corrected chi connectivity index (χ0v) is 13.0. The number of hydrogen-bond acceptors (Lipinski definition) is 2. The third-order valence-electron chi connectivity index (χ3n) is 4.64. The van der Waals surface area contributed by atoms with Crippen LogP contribution in [-0.2, 0) is 0 Å². The highest BCUT2D eigenvalue weighted by Crippen LogP contribution is 2.34. The molecule has 1 unspecified atom stereocenters. The molecule has 21 heavy (non-hydrogen) atoms. The van der Waals surface area contributed by atoms with Crippen LogP contribution in [0.2, 0.25) is 0 Å². The van der Waals surface area contributed by atoms with Crippen molar-refractivity contribution in [1.82, 2.24) is 9.97 Å². The Kier molecular flexibility index (Phi) is 4.00. The van der Waals surface area contributed by atoms with Gasteiger partial charge in [0.05, 0.1) is 18.2 Å². The highest BCUT2D eigenvalue weighted by Gasteiger charge is 2.24. The Balaban J connectivity index is 1.63. The SMILES string of the molecule is CC1(C)CCCC(Nc2ccc(-c3cnc[nH]3)cc2)CC1. The monoisotopic (exact) mass is 283 g/mol. The molecule has 0 amide bonds. The standard InChI is InChI=1S/C18H25N3/c1-18(2)10-3-4-15(9-11-18)21-16-7-5-14(6-8-16)17-12-19-13-20-17/h5-8,12-13,15,21H,3-4,9-11H2,1-2H3,(H,19,20). The lowest BCUT2D eigenvalue weighted by Crippen LogP contribution is -2.19. The van der Waals surface area contributed by atoms with E-state index in [9.17, 15) is 0 Å². The van der Waals surface area contributed by atoms with Crippen molar-refractivity contribution in [3.8, 4) is 11.3 Å². The zero-order valence-electron chi connectivity index (χ0n) is 13.0. The number of rotatable bonds is 3. The topological polar surface area (TPSA) is 40.7 Å². The molecular weight excluding hydrogens is 258 g/mol. The van der Waals surface area contributed by atoms with Crippen LogP contribution in [0.1, 0.15) is 46.0 Å². The predicted octanol–water partition coefficient (Wildman–Crippen LogP) is 4.85. The first-order chi connectivity index (χ1) is 10.1. The van der Waals surface area contributed by atoms with Crippen molar-refractivity contribution in [1.29, 1.82) is 0 Å². The van der Waals surface area contributed by atoms with Crippen LogP contribution in [0, 0.1) is 5.41 Å². The number of nitrogens with zero attached hydrogens (tertiary/aromatic N) is 1. The maximum Gasteiger partial charge on any atom is 0.0924 e. The highest BCUT2D eigenvalue weighted by atomic mass is 14.9. The molecule has 1 aromatic carbocycles. The molecule has 0 aliphatic heterocycles. The van der Waals surface area contributed by atoms with Crippen LogP contribution in [-0.4, -0.2) is 16.0 Å². The fraction of sp³-hybridized carbons (Fsp3) is 0.500. The van der Waals surface area contributed by atoms with Gasteiger partial charge in [0.2, 0.25) is 0 Å². The highest BCUT2D eigenvalue weighted by molar-refractivity contribution is 5.62. The summed E-state index contributed by atoms with van der Waals surface area (Å²) in [7, 11) is 0. The number of imidazole rings is 1. The summed E-state index contributed by atoms with van der Waals surface area (Å²) in [4.78, 5) is 7.21. The first-order valence-corrected chi connectivity index (χ1v) is 7.98. The first kappa shape index (κ1) is 14.2. The largest absolute Gasteiger partial charge is 0.382 e. The lowest BCUT2D eigenvalue weighted by Gasteiger charge is -2.22. The molecule has 112 valence electrons. The summed E-state index contributed by atoms with van der Waals surface area (Å²) < 4.78 is 0. The molecule has 3 rings (SSSR count). The molecule has 0 spiro atoms. The number of nitrogens with one attached hydrogen (secondary N) is 2. The van der Waals surface area contributed by atoms with Crippen LogP contribution >= 0.6 is 0 Å². The quantitative estimate of drug-likeness (QED) is 0.791. The van der Waals surface area contributed by atoms with Crippen LogP contribution in [0.4, 0.5) is 5.69 Å². The van der Waals surface area contributed by atoms with Gasteiger partial charge in [-0.3, -0.25) is 0 Å². The molecule has 0 saturated heterocycles. The molecule has 1 heterocycles. The predicted molar refractivity (Wildman–Crippen MR) is 88.3 cm³/mol. The fourth-order valence-electron chi connectivity index (χ4n) is 3.20. The van der Waals surface area contributed by atoms with Crippen molar-refractivity contribution in [2.75, 3.05) is 5.32 Å². The lowest BCUT2D eigenvalue weighted by molar-refractivity contribution is 0.313. The van der Waals surface area contributed by atoms with Crippen molar-refractivity contribution >= 4 is 5.69 Å². The van der Waals surface area contributed by atoms with E-state index in [1.165, 1.54) is 43.4 Å². The van der Waals surface area contributed by atoms with Crippen LogP contribution in [0.5, 0.6) is 0 Å². The van der Waals surface area contributed by atoms with Gasteiger partial charge in [-0.2, -0.15) is 0 Å². The average Bonchev–Trinajstić information content (AvgIpc) is 2.94. The summed E-state index contributed by atoms with van der Waals surface area (Å²) >= 11 is 0. The van der Waals surface area contributed by atoms with Gasteiger partial charge in [-0.15, -0.1) is 0 Å². The molecule has 2 aromatic rings. The normalized spacial score (nSPS) is 21.7. The Morgan fingerprint density at radius 3 is 2.67 bits per heavy atom. The molecule has 3 nitrogen and oxygen atoms in total. The van der Waals surface area contributed by atoms with Crippen molar-refractivity contribution < 1.29 is 0 Å². The summed E-state index contributed by atoms with van der Waals surface area (Å²) in [6, 6.07) is 9.26. The number of anilines is 1. The van der Waals surface area contributed by atoms with Crippen molar-refractivity contribution in [2.45, 2.75) is 52.0 Å². The second kappa shape index (κ2) is 5.92. The van der Waals surface area contributed by atoms with Gasteiger partial charge < -0.3 is 10.3 Å². The van der Waals surface area contributed by atoms with Gasteiger partial charge >= 0.3 is 0 Å². The van der Waals surface area contributed by atoms with Crippen molar-refractivity contribution in [3.05, 3.63) is 36.8 Å². The van der Waals surface area contributed by atoms with Crippen molar-refractivity contribution in [2.24, 2.45) is 5.41 Å². The summed E-state index contributed by atoms with van der Waals surface area (Å²) in [6.07, 6.45) is 10.1. The molecule has 2 N–H and O–H groups in total. The van der Waals surface area contributed by atoms with Crippen LogP contribution in [0.25, 0.3) is 11.3 Å². The Labute approximate surface area is 127 Å². The van der Waals surface area contributed by atoms with E-state index in [1.54, 1.807) is 6.33 Å². The number of aromatic amines is 1. The van der Waals surface area contributed by atoms with E-state index in [0.29, 0.717) is 11.5 Å². The van der Waals surface area contributed by atoms with E-state index in [2.05, 4.69) is 53.4 Å². The van der Waals surface area contributed by atoms with Gasteiger partial charge in [0, 0.05) is 11.7 Å². The van der Waals surface area contributed by atoms with Gasteiger partial charge in [-0.25, -0.2) is 4.98 Å². The minimum atomic E-state index is 0.515. The van der Waals surface area contributed by atoms with Gasteiger partial charge in [-0.05, 0) is 48.8 Å². The van der Waals surface area contributed by atoms with E-state index >= 15 is 0 Å². The fourth-order valence-corrected chi connectivity index (χ4v) is 3.20. The molecule has 3 heteroatoms. The summed E-state index contributed by atoms with van der Waals surface area (Å²) in [6.45, 7) is 4.79. The van der Waals surface area contributed by atoms with Crippen LogP contribution in [0.15, 0.2) is 36.8 Å². The molecule has 1 atom stereocenters. The van der Waals surface area contributed by atoms with E-state index < -0.39 is 0 Å². The van der Waals surface area contributed by atoms with Crippen LogP contribution < -0.4 is 5.32 Å². The summed E-state index contributed by atoms with van der Waals surface area (Å²) in [5, 5.41) is 3.71. The van der Waals surface area contributed by atoms with Crippen LogP contribution in [0.3, 0.4) is 0 Å². The van der Waals surface area contributed by atoms with Gasteiger partial charge in [0.15, 0.2) is 0 Å². The number of aromatic nitrogens is 2. The van der Waals surface area contributed by atoms with Gasteiger partial charge in [-0.1, -0.05) is 32.4 Å². The molecule has 1 saturated carbocycles.